The number of rotatable bonds is 1. The zero-order valence-corrected chi connectivity index (χ0v) is 8.34. The third-order valence-corrected chi connectivity index (χ3v) is 2.46. The summed E-state index contributed by atoms with van der Waals surface area (Å²) in [4.78, 5) is 8.13. The average molecular weight is 213 g/mol. The SMILES string of the molecule is Fc1ccc2c(-n3ccnc3)ccnc2c1. The molecular formula is C12H8FN3. The summed E-state index contributed by atoms with van der Waals surface area (Å²) in [5.74, 6) is -0.275. The van der Waals surface area contributed by atoms with Crippen molar-refractivity contribution < 1.29 is 4.39 Å². The Hall–Kier alpha value is -2.23. The molecule has 0 aliphatic carbocycles. The highest BCUT2D eigenvalue weighted by Crippen LogP contribution is 2.20. The molecule has 4 heteroatoms. The monoisotopic (exact) mass is 213 g/mol. The molecule has 3 aromatic rings. The largest absolute Gasteiger partial charge is 0.306 e. The van der Waals surface area contributed by atoms with E-state index >= 15 is 0 Å². The van der Waals surface area contributed by atoms with E-state index in [4.69, 9.17) is 0 Å². The van der Waals surface area contributed by atoms with E-state index in [1.807, 2.05) is 16.8 Å². The Morgan fingerprint density at radius 1 is 1.12 bits per heavy atom. The number of halogens is 1. The van der Waals surface area contributed by atoms with Crippen LogP contribution < -0.4 is 0 Å². The number of nitrogens with zero attached hydrogens (tertiary/aromatic N) is 3. The molecule has 0 amide bonds. The maximum absolute atomic E-state index is 13.1. The molecule has 0 spiro atoms. The number of fused-ring (bicyclic) bond motifs is 1. The molecule has 3 nitrogen and oxygen atoms in total. The van der Waals surface area contributed by atoms with Gasteiger partial charge in [0.25, 0.3) is 0 Å². The fourth-order valence-electron chi connectivity index (χ4n) is 1.73. The standard InChI is InChI=1S/C12H8FN3/c13-9-1-2-10-11(7-9)15-4-3-12(10)16-6-5-14-8-16/h1-8H. The van der Waals surface area contributed by atoms with Gasteiger partial charge in [-0.15, -0.1) is 0 Å². The van der Waals surface area contributed by atoms with Crippen molar-refractivity contribution in [1.29, 1.82) is 0 Å². The van der Waals surface area contributed by atoms with E-state index in [1.54, 1.807) is 24.8 Å². The zero-order valence-electron chi connectivity index (χ0n) is 8.34. The number of hydrogen-bond acceptors (Lipinski definition) is 2. The van der Waals surface area contributed by atoms with Crippen LogP contribution in [0.1, 0.15) is 0 Å². The molecule has 16 heavy (non-hydrogen) atoms. The van der Waals surface area contributed by atoms with E-state index in [1.165, 1.54) is 12.1 Å². The van der Waals surface area contributed by atoms with E-state index in [-0.39, 0.29) is 5.82 Å². The molecular weight excluding hydrogens is 205 g/mol. The van der Waals surface area contributed by atoms with E-state index in [2.05, 4.69) is 9.97 Å². The molecule has 2 aromatic heterocycles. The fraction of sp³-hybridized carbons (Fsp3) is 0. The molecule has 0 unspecified atom stereocenters. The van der Waals surface area contributed by atoms with Crippen molar-refractivity contribution in [2.45, 2.75) is 0 Å². The van der Waals surface area contributed by atoms with Crippen LogP contribution in [0.2, 0.25) is 0 Å². The van der Waals surface area contributed by atoms with Gasteiger partial charge in [-0.2, -0.15) is 0 Å². The molecule has 2 heterocycles. The Morgan fingerprint density at radius 3 is 2.88 bits per heavy atom. The number of benzene rings is 1. The molecule has 0 radical (unpaired) electrons. The fourth-order valence-corrected chi connectivity index (χ4v) is 1.73. The summed E-state index contributed by atoms with van der Waals surface area (Å²) >= 11 is 0. The van der Waals surface area contributed by atoms with Gasteiger partial charge in [0.15, 0.2) is 0 Å². The normalized spacial score (nSPS) is 10.8. The molecule has 78 valence electrons. The van der Waals surface area contributed by atoms with Gasteiger partial charge in [-0.1, -0.05) is 0 Å². The van der Waals surface area contributed by atoms with Gasteiger partial charge in [-0.25, -0.2) is 9.37 Å². The Bertz CT molecular complexity index is 632. The van der Waals surface area contributed by atoms with Crippen molar-refractivity contribution in [3.05, 3.63) is 55.0 Å². The second kappa shape index (κ2) is 3.41. The van der Waals surface area contributed by atoms with E-state index in [0.29, 0.717) is 5.52 Å². The first kappa shape index (κ1) is 9.03. The number of hydrogen-bond donors (Lipinski definition) is 0. The second-order valence-corrected chi connectivity index (χ2v) is 3.46. The van der Waals surface area contributed by atoms with Gasteiger partial charge < -0.3 is 4.57 Å². The van der Waals surface area contributed by atoms with Gasteiger partial charge in [0.1, 0.15) is 5.82 Å². The summed E-state index contributed by atoms with van der Waals surface area (Å²) in [5, 5.41) is 0.905. The van der Waals surface area contributed by atoms with Crippen LogP contribution in [-0.2, 0) is 0 Å². The first-order valence-corrected chi connectivity index (χ1v) is 4.87. The van der Waals surface area contributed by atoms with Crippen LogP contribution >= 0.6 is 0 Å². The van der Waals surface area contributed by atoms with Crippen LogP contribution in [0.25, 0.3) is 16.6 Å². The first-order chi connectivity index (χ1) is 7.84. The Labute approximate surface area is 91.2 Å². The van der Waals surface area contributed by atoms with Crippen molar-refractivity contribution >= 4 is 10.9 Å². The molecule has 0 atom stereocenters. The van der Waals surface area contributed by atoms with Gasteiger partial charge in [0.2, 0.25) is 0 Å². The minimum absolute atomic E-state index is 0.275. The summed E-state index contributed by atoms with van der Waals surface area (Å²) in [6, 6.07) is 6.47. The minimum atomic E-state index is -0.275. The van der Waals surface area contributed by atoms with Crippen LogP contribution in [0, 0.1) is 5.82 Å². The first-order valence-electron chi connectivity index (χ1n) is 4.87. The van der Waals surface area contributed by atoms with Crippen molar-refractivity contribution in [1.82, 2.24) is 14.5 Å². The van der Waals surface area contributed by atoms with Crippen LogP contribution in [-0.4, -0.2) is 14.5 Å². The summed E-state index contributed by atoms with van der Waals surface area (Å²) < 4.78 is 14.9. The van der Waals surface area contributed by atoms with Crippen molar-refractivity contribution in [3.8, 4) is 5.69 Å². The van der Waals surface area contributed by atoms with Gasteiger partial charge >= 0.3 is 0 Å². The van der Waals surface area contributed by atoms with Crippen molar-refractivity contribution in [3.63, 3.8) is 0 Å². The molecule has 0 N–H and O–H groups in total. The number of pyridine rings is 1. The molecule has 1 aromatic carbocycles. The lowest BCUT2D eigenvalue weighted by Gasteiger charge is -2.06. The predicted octanol–water partition coefficient (Wildman–Crippen LogP) is 2.56. The van der Waals surface area contributed by atoms with E-state index in [0.717, 1.165) is 11.1 Å². The lowest BCUT2D eigenvalue weighted by atomic mass is 10.2. The Kier molecular flexibility index (Phi) is 1.93. The number of aromatic nitrogens is 3. The maximum Gasteiger partial charge on any atom is 0.125 e. The predicted molar refractivity (Wildman–Crippen MR) is 58.8 cm³/mol. The lowest BCUT2D eigenvalue weighted by Crippen LogP contribution is -1.93. The third kappa shape index (κ3) is 1.35. The van der Waals surface area contributed by atoms with Gasteiger partial charge in [-0.3, -0.25) is 4.98 Å². The molecule has 0 bridgehead atoms. The van der Waals surface area contributed by atoms with Gasteiger partial charge in [0, 0.05) is 30.0 Å². The second-order valence-electron chi connectivity index (χ2n) is 3.46. The molecule has 0 saturated carbocycles. The highest BCUT2D eigenvalue weighted by atomic mass is 19.1. The lowest BCUT2D eigenvalue weighted by molar-refractivity contribution is 0.629. The maximum atomic E-state index is 13.1. The summed E-state index contributed by atoms with van der Waals surface area (Å²) in [7, 11) is 0. The van der Waals surface area contributed by atoms with Crippen LogP contribution in [0.3, 0.4) is 0 Å². The van der Waals surface area contributed by atoms with Crippen LogP contribution in [0.4, 0.5) is 4.39 Å². The molecule has 0 fully saturated rings. The quantitative estimate of drug-likeness (QED) is 0.622. The average Bonchev–Trinajstić information content (AvgIpc) is 2.81. The summed E-state index contributed by atoms with van der Waals surface area (Å²) in [6.07, 6.45) is 6.92. The highest BCUT2D eigenvalue weighted by molar-refractivity contribution is 5.86. The van der Waals surface area contributed by atoms with Crippen molar-refractivity contribution in [2.24, 2.45) is 0 Å². The Balaban J connectivity index is 2.34. The number of imidazole rings is 1. The zero-order chi connectivity index (χ0) is 11.0. The summed E-state index contributed by atoms with van der Waals surface area (Å²) in [5.41, 5.74) is 1.59. The summed E-state index contributed by atoms with van der Waals surface area (Å²) in [6.45, 7) is 0. The van der Waals surface area contributed by atoms with E-state index < -0.39 is 0 Å². The molecule has 0 saturated heterocycles. The van der Waals surface area contributed by atoms with E-state index in [9.17, 15) is 4.39 Å². The smallest absolute Gasteiger partial charge is 0.125 e. The Morgan fingerprint density at radius 2 is 2.06 bits per heavy atom. The third-order valence-electron chi connectivity index (χ3n) is 2.46. The molecule has 3 rings (SSSR count). The van der Waals surface area contributed by atoms with Crippen LogP contribution in [0.15, 0.2) is 49.2 Å². The van der Waals surface area contributed by atoms with Gasteiger partial charge in [0.05, 0.1) is 17.5 Å². The van der Waals surface area contributed by atoms with Crippen LogP contribution in [0.5, 0.6) is 0 Å². The van der Waals surface area contributed by atoms with Gasteiger partial charge in [-0.05, 0) is 18.2 Å². The molecule has 0 aliphatic rings. The topological polar surface area (TPSA) is 30.7 Å². The minimum Gasteiger partial charge on any atom is -0.306 e. The molecule has 0 aliphatic heterocycles. The highest BCUT2D eigenvalue weighted by Gasteiger charge is 2.04. The van der Waals surface area contributed by atoms with Crippen molar-refractivity contribution in [2.75, 3.05) is 0 Å².